The van der Waals surface area contributed by atoms with E-state index in [9.17, 15) is 0 Å². The third-order valence-electron chi connectivity index (χ3n) is 2.07. The fraction of sp³-hybridized carbons (Fsp3) is 0.600. The second kappa shape index (κ2) is 2.94. The van der Waals surface area contributed by atoms with Crippen LogP contribution in [0.5, 0.6) is 0 Å². The molecule has 1 heterocycles. The Morgan fingerprint density at radius 3 is 2.33 bits per heavy atom. The fourth-order valence-electron chi connectivity index (χ4n) is 1.41. The highest BCUT2D eigenvalue weighted by Gasteiger charge is 2.15. The molecule has 0 aliphatic rings. The molecule has 0 saturated heterocycles. The molecule has 0 atom stereocenters. The Labute approximate surface area is 74.2 Å². The average Bonchev–Trinajstić information content (AvgIpc) is 2.16. The number of aryl methyl sites for hydroxylation is 2. The minimum Gasteiger partial charge on any atom is -0.365 e. The lowest BCUT2D eigenvalue weighted by molar-refractivity contribution is 0.514. The number of H-pyrrole nitrogens is 1. The number of nitrogens with one attached hydrogen (secondary N) is 1. The van der Waals surface area contributed by atoms with Crippen molar-refractivity contribution in [1.82, 2.24) is 4.98 Å². The van der Waals surface area contributed by atoms with E-state index in [0.717, 1.165) is 6.42 Å². The molecule has 1 rings (SSSR count). The fourth-order valence-corrected chi connectivity index (χ4v) is 1.41. The normalized spacial score (nSPS) is 12.1. The van der Waals surface area contributed by atoms with Crippen molar-refractivity contribution in [3.8, 4) is 0 Å². The number of aromatic nitrogens is 1. The predicted molar refractivity (Wildman–Crippen MR) is 52.2 cm³/mol. The van der Waals surface area contributed by atoms with Crippen LogP contribution >= 0.6 is 0 Å². The van der Waals surface area contributed by atoms with Crippen molar-refractivity contribution in [3.63, 3.8) is 0 Å². The van der Waals surface area contributed by atoms with Crippen LogP contribution in [-0.4, -0.2) is 10.5 Å². The maximum atomic E-state index is 5.95. The molecule has 68 valence electrons. The second-order valence-electron chi connectivity index (χ2n) is 4.24. The first-order valence-corrected chi connectivity index (χ1v) is 4.32. The zero-order valence-corrected chi connectivity index (χ0v) is 8.36. The third-order valence-corrected chi connectivity index (χ3v) is 2.07. The summed E-state index contributed by atoms with van der Waals surface area (Å²) in [5, 5.41) is 0. The summed E-state index contributed by atoms with van der Waals surface area (Å²) in [6.45, 7) is 8.32. The zero-order chi connectivity index (χ0) is 9.35. The van der Waals surface area contributed by atoms with Crippen LogP contribution in [0.15, 0.2) is 6.20 Å². The predicted octanol–water partition coefficient (Wildman–Crippen LogP) is 1.91. The van der Waals surface area contributed by atoms with Crippen molar-refractivity contribution in [2.45, 2.75) is 39.7 Å². The Balaban J connectivity index is 2.88. The largest absolute Gasteiger partial charge is 0.365 e. The number of nitrogens with two attached hydrogens (primary N) is 1. The first-order valence-electron chi connectivity index (χ1n) is 4.32. The molecule has 0 aliphatic carbocycles. The lowest BCUT2D eigenvalue weighted by Gasteiger charge is -2.18. The van der Waals surface area contributed by atoms with Crippen molar-refractivity contribution in [2.75, 3.05) is 0 Å². The van der Waals surface area contributed by atoms with Gasteiger partial charge in [-0.2, -0.15) is 0 Å². The van der Waals surface area contributed by atoms with Gasteiger partial charge in [-0.15, -0.1) is 0 Å². The van der Waals surface area contributed by atoms with Gasteiger partial charge in [0.25, 0.3) is 0 Å². The SMILES string of the molecule is Cc1c[nH]c(C)c1CC(C)(C)N. The van der Waals surface area contributed by atoms with Crippen LogP contribution in [0.1, 0.15) is 30.7 Å². The molecule has 12 heavy (non-hydrogen) atoms. The Bertz CT molecular complexity index is 246. The molecule has 1 aromatic rings. The first kappa shape index (κ1) is 9.33. The standard InChI is InChI=1S/C10H18N2/c1-7-6-12-8(2)9(7)5-10(3,4)11/h6,12H,5,11H2,1-4H3. The summed E-state index contributed by atoms with van der Waals surface area (Å²) < 4.78 is 0. The van der Waals surface area contributed by atoms with E-state index in [1.807, 2.05) is 6.20 Å². The summed E-state index contributed by atoms with van der Waals surface area (Å²) in [5.74, 6) is 0. The molecule has 0 aliphatic heterocycles. The van der Waals surface area contributed by atoms with Gasteiger partial charge in [0.2, 0.25) is 0 Å². The summed E-state index contributed by atoms with van der Waals surface area (Å²) >= 11 is 0. The maximum Gasteiger partial charge on any atom is 0.0151 e. The number of hydrogen-bond acceptors (Lipinski definition) is 1. The molecular formula is C10H18N2. The molecule has 0 aromatic carbocycles. The molecule has 1 aromatic heterocycles. The monoisotopic (exact) mass is 166 g/mol. The maximum absolute atomic E-state index is 5.95. The van der Waals surface area contributed by atoms with Gasteiger partial charge in [0, 0.05) is 17.4 Å². The van der Waals surface area contributed by atoms with Crippen LogP contribution in [0, 0.1) is 13.8 Å². The quantitative estimate of drug-likeness (QED) is 0.692. The molecule has 0 spiro atoms. The van der Waals surface area contributed by atoms with Gasteiger partial charge >= 0.3 is 0 Å². The Morgan fingerprint density at radius 1 is 1.42 bits per heavy atom. The third kappa shape index (κ3) is 2.11. The Hall–Kier alpha value is -0.760. The van der Waals surface area contributed by atoms with E-state index in [-0.39, 0.29) is 5.54 Å². The Kier molecular flexibility index (Phi) is 2.29. The second-order valence-corrected chi connectivity index (χ2v) is 4.24. The molecule has 0 unspecified atom stereocenters. The summed E-state index contributed by atoms with van der Waals surface area (Å²) in [6.07, 6.45) is 2.98. The van der Waals surface area contributed by atoms with E-state index in [4.69, 9.17) is 5.73 Å². The lowest BCUT2D eigenvalue weighted by atomic mass is 9.94. The van der Waals surface area contributed by atoms with Crippen LogP contribution < -0.4 is 5.73 Å². The van der Waals surface area contributed by atoms with E-state index in [1.165, 1.54) is 16.8 Å². The van der Waals surface area contributed by atoms with Crippen LogP contribution in [-0.2, 0) is 6.42 Å². The highest BCUT2D eigenvalue weighted by Crippen LogP contribution is 2.17. The van der Waals surface area contributed by atoms with Crippen molar-refractivity contribution >= 4 is 0 Å². The molecule has 0 radical (unpaired) electrons. The summed E-state index contributed by atoms with van der Waals surface area (Å²) in [4.78, 5) is 3.20. The smallest absolute Gasteiger partial charge is 0.0151 e. The van der Waals surface area contributed by atoms with E-state index in [1.54, 1.807) is 0 Å². The van der Waals surface area contributed by atoms with E-state index in [2.05, 4.69) is 32.7 Å². The van der Waals surface area contributed by atoms with Crippen molar-refractivity contribution in [3.05, 3.63) is 23.0 Å². The number of hydrogen-bond donors (Lipinski definition) is 2. The molecular weight excluding hydrogens is 148 g/mol. The van der Waals surface area contributed by atoms with Crippen LogP contribution in [0.4, 0.5) is 0 Å². The van der Waals surface area contributed by atoms with Crippen LogP contribution in [0.25, 0.3) is 0 Å². The molecule has 0 bridgehead atoms. The molecule has 0 amide bonds. The minimum absolute atomic E-state index is 0.113. The van der Waals surface area contributed by atoms with Gasteiger partial charge in [0.15, 0.2) is 0 Å². The highest BCUT2D eigenvalue weighted by atomic mass is 14.7. The van der Waals surface area contributed by atoms with E-state index in [0.29, 0.717) is 0 Å². The highest BCUT2D eigenvalue weighted by molar-refractivity contribution is 5.30. The van der Waals surface area contributed by atoms with Gasteiger partial charge in [-0.05, 0) is 45.2 Å². The molecule has 2 heteroatoms. The zero-order valence-electron chi connectivity index (χ0n) is 8.36. The van der Waals surface area contributed by atoms with Gasteiger partial charge in [0.1, 0.15) is 0 Å². The van der Waals surface area contributed by atoms with E-state index >= 15 is 0 Å². The molecule has 0 fully saturated rings. The Morgan fingerprint density at radius 2 is 2.00 bits per heavy atom. The van der Waals surface area contributed by atoms with Crippen LogP contribution in [0.2, 0.25) is 0 Å². The summed E-state index contributed by atoms with van der Waals surface area (Å²) in [7, 11) is 0. The molecule has 0 saturated carbocycles. The lowest BCUT2D eigenvalue weighted by Crippen LogP contribution is -2.34. The molecule has 2 nitrogen and oxygen atoms in total. The van der Waals surface area contributed by atoms with Gasteiger partial charge in [0.05, 0.1) is 0 Å². The topological polar surface area (TPSA) is 41.8 Å². The van der Waals surface area contributed by atoms with E-state index < -0.39 is 0 Å². The first-order chi connectivity index (χ1) is 5.40. The van der Waals surface area contributed by atoms with Gasteiger partial charge in [-0.25, -0.2) is 0 Å². The van der Waals surface area contributed by atoms with Gasteiger partial charge in [-0.1, -0.05) is 0 Å². The number of rotatable bonds is 2. The summed E-state index contributed by atoms with van der Waals surface area (Å²) in [5.41, 5.74) is 9.75. The van der Waals surface area contributed by atoms with Crippen molar-refractivity contribution < 1.29 is 0 Å². The minimum atomic E-state index is -0.113. The number of aromatic amines is 1. The molecule has 3 N–H and O–H groups in total. The average molecular weight is 166 g/mol. The van der Waals surface area contributed by atoms with Crippen molar-refractivity contribution in [2.24, 2.45) is 5.73 Å². The van der Waals surface area contributed by atoms with Crippen molar-refractivity contribution in [1.29, 1.82) is 0 Å². The van der Waals surface area contributed by atoms with Gasteiger partial charge in [-0.3, -0.25) is 0 Å². The van der Waals surface area contributed by atoms with Crippen LogP contribution in [0.3, 0.4) is 0 Å². The summed E-state index contributed by atoms with van der Waals surface area (Å²) in [6, 6.07) is 0. The van der Waals surface area contributed by atoms with Gasteiger partial charge < -0.3 is 10.7 Å².